The molecular weight excluding hydrogens is 483 g/mol. The van der Waals surface area contributed by atoms with E-state index in [0.717, 1.165) is 32.0 Å². The van der Waals surface area contributed by atoms with E-state index >= 15 is 0 Å². The van der Waals surface area contributed by atoms with Crippen molar-refractivity contribution in [2.24, 2.45) is 0 Å². The predicted molar refractivity (Wildman–Crippen MR) is 134 cm³/mol. The van der Waals surface area contributed by atoms with Gasteiger partial charge in [-0.1, -0.05) is 12.1 Å². The number of nitrogens with zero attached hydrogens (tertiary/aromatic N) is 5. The molecule has 1 fully saturated rings. The fraction of sp³-hybridized carbons (Fsp3) is 0.296. The minimum atomic E-state index is -4.63. The van der Waals surface area contributed by atoms with Crippen molar-refractivity contribution >= 4 is 22.3 Å². The maximum absolute atomic E-state index is 14.1. The molecule has 0 saturated carbocycles. The summed E-state index contributed by atoms with van der Waals surface area (Å²) in [6, 6.07) is 12.7. The molecule has 2 aromatic carbocycles. The third kappa shape index (κ3) is 5.29. The average Bonchev–Trinajstić information content (AvgIpc) is 2.88. The molecule has 0 radical (unpaired) electrons. The monoisotopic (exact) mass is 509 g/mol. The minimum absolute atomic E-state index is 0.0154. The van der Waals surface area contributed by atoms with E-state index in [-0.39, 0.29) is 23.3 Å². The third-order valence-electron chi connectivity index (χ3n) is 6.77. The van der Waals surface area contributed by atoms with Crippen LogP contribution in [0.15, 0.2) is 60.9 Å². The van der Waals surface area contributed by atoms with E-state index in [0.29, 0.717) is 22.5 Å². The molecule has 0 spiro atoms. The summed E-state index contributed by atoms with van der Waals surface area (Å²) in [5.41, 5.74) is 1.28. The Morgan fingerprint density at radius 2 is 1.76 bits per heavy atom. The number of ether oxygens (including phenoxy) is 1. The van der Waals surface area contributed by atoms with Crippen LogP contribution in [0.4, 0.5) is 24.5 Å². The third-order valence-corrected chi connectivity index (χ3v) is 6.77. The second-order valence-electron chi connectivity index (χ2n) is 9.23. The van der Waals surface area contributed by atoms with Gasteiger partial charge in [-0.05, 0) is 80.9 Å². The molecule has 0 amide bonds. The smallest absolute Gasteiger partial charge is 0.418 e. The highest BCUT2D eigenvalue weighted by molar-refractivity contribution is 5.82. The number of likely N-dealkylation sites (tertiary alicyclic amines) is 1. The van der Waals surface area contributed by atoms with Gasteiger partial charge < -0.3 is 19.6 Å². The summed E-state index contributed by atoms with van der Waals surface area (Å²) in [5.74, 6) is 0.00786. The summed E-state index contributed by atoms with van der Waals surface area (Å²) in [5, 5.41) is 10.5. The van der Waals surface area contributed by atoms with Crippen LogP contribution < -0.4 is 9.64 Å². The molecule has 1 aliphatic heterocycles. The first kappa shape index (κ1) is 24.8. The Morgan fingerprint density at radius 3 is 2.46 bits per heavy atom. The zero-order valence-corrected chi connectivity index (χ0v) is 20.4. The first-order valence-corrected chi connectivity index (χ1v) is 11.9. The van der Waals surface area contributed by atoms with Gasteiger partial charge in [-0.2, -0.15) is 23.1 Å². The lowest BCUT2D eigenvalue weighted by atomic mass is 9.89. The molecule has 0 aliphatic carbocycles. The van der Waals surface area contributed by atoms with Crippen LogP contribution in [-0.2, 0) is 6.18 Å². The lowest BCUT2D eigenvalue weighted by Crippen LogP contribution is -2.29. The van der Waals surface area contributed by atoms with Crippen molar-refractivity contribution in [1.82, 2.24) is 19.9 Å². The first-order chi connectivity index (χ1) is 17.7. The van der Waals surface area contributed by atoms with E-state index in [2.05, 4.69) is 26.9 Å². The van der Waals surface area contributed by atoms with Crippen LogP contribution >= 0.6 is 0 Å². The number of halogens is 3. The summed E-state index contributed by atoms with van der Waals surface area (Å²) in [7, 11) is 3.71. The van der Waals surface area contributed by atoms with Crippen molar-refractivity contribution in [3.05, 3.63) is 72.1 Å². The fourth-order valence-electron chi connectivity index (χ4n) is 4.64. The van der Waals surface area contributed by atoms with Gasteiger partial charge in [-0.15, -0.1) is 0 Å². The maximum Gasteiger partial charge on any atom is 0.418 e. The standard InChI is InChI=1S/C27H26F3N5O2/c1-34-13-10-18(11-14-34)17-3-5-19(6-4-17)35(2)24-8-7-20(15-22(24)27(28,29)30)37-26-32-23-16-31-12-9-21(23)25(36)33-26/h3-9,12,15-16,18H,10-11,13-14H2,1-2H3,(H,32,33,36). The van der Waals surface area contributed by atoms with Crippen LogP contribution in [0.2, 0.25) is 0 Å². The molecule has 1 aliphatic rings. The van der Waals surface area contributed by atoms with Crippen LogP contribution in [0.1, 0.15) is 29.9 Å². The summed E-state index contributed by atoms with van der Waals surface area (Å²) >= 11 is 0. The van der Waals surface area contributed by atoms with Gasteiger partial charge >= 0.3 is 12.2 Å². The van der Waals surface area contributed by atoms with Gasteiger partial charge in [0.05, 0.1) is 28.4 Å². The number of benzene rings is 2. The largest absolute Gasteiger partial charge is 0.493 e. The Hall–Kier alpha value is -3.92. The normalized spacial score (nSPS) is 15.2. The molecule has 1 N–H and O–H groups in total. The maximum atomic E-state index is 14.1. The molecule has 4 aromatic rings. The SMILES string of the molecule is CN1CCC(c2ccc(N(C)c3ccc(Oc4nc(O)c5ccncc5n4)cc3C(F)(F)F)cc2)CC1. The number of hydrogen-bond donors (Lipinski definition) is 1. The fourth-order valence-corrected chi connectivity index (χ4v) is 4.64. The van der Waals surface area contributed by atoms with Crippen molar-refractivity contribution in [3.63, 3.8) is 0 Å². The molecule has 10 heteroatoms. The lowest BCUT2D eigenvalue weighted by molar-refractivity contribution is -0.137. The number of rotatable bonds is 5. The van der Waals surface area contributed by atoms with Crippen LogP contribution in [0, 0.1) is 0 Å². The van der Waals surface area contributed by atoms with Crippen molar-refractivity contribution in [1.29, 1.82) is 0 Å². The Morgan fingerprint density at radius 1 is 1.03 bits per heavy atom. The number of fused-ring (bicyclic) bond motifs is 1. The van der Waals surface area contributed by atoms with E-state index in [9.17, 15) is 18.3 Å². The topological polar surface area (TPSA) is 74.6 Å². The molecule has 192 valence electrons. The minimum Gasteiger partial charge on any atom is -0.493 e. The van der Waals surface area contributed by atoms with Gasteiger partial charge in [0, 0.05) is 18.9 Å². The second-order valence-corrected chi connectivity index (χ2v) is 9.23. The number of pyridine rings is 1. The highest BCUT2D eigenvalue weighted by Gasteiger charge is 2.35. The van der Waals surface area contributed by atoms with Crippen molar-refractivity contribution in [2.75, 3.05) is 32.1 Å². The number of aromatic nitrogens is 3. The van der Waals surface area contributed by atoms with Crippen LogP contribution in [0.5, 0.6) is 17.6 Å². The summed E-state index contributed by atoms with van der Waals surface area (Å²) in [4.78, 5) is 15.7. The molecule has 0 bridgehead atoms. The zero-order valence-electron chi connectivity index (χ0n) is 20.4. The van der Waals surface area contributed by atoms with E-state index in [4.69, 9.17) is 4.74 Å². The number of alkyl halides is 3. The molecule has 0 atom stereocenters. The number of aromatic hydroxyl groups is 1. The molecule has 0 unspecified atom stereocenters. The highest BCUT2D eigenvalue weighted by atomic mass is 19.4. The van der Waals surface area contributed by atoms with Gasteiger partial charge in [-0.25, -0.2) is 0 Å². The molecular formula is C27H26F3N5O2. The lowest BCUT2D eigenvalue weighted by Gasteiger charge is -2.29. The van der Waals surface area contributed by atoms with Crippen molar-refractivity contribution in [3.8, 4) is 17.6 Å². The highest BCUT2D eigenvalue weighted by Crippen LogP contribution is 2.41. The van der Waals surface area contributed by atoms with Gasteiger partial charge in [-0.3, -0.25) is 4.98 Å². The Kier molecular flexibility index (Phi) is 6.59. The van der Waals surface area contributed by atoms with E-state index < -0.39 is 11.7 Å². The first-order valence-electron chi connectivity index (χ1n) is 11.9. The van der Waals surface area contributed by atoms with Crippen LogP contribution in [0.25, 0.3) is 10.9 Å². The molecule has 1 saturated heterocycles. The van der Waals surface area contributed by atoms with Gasteiger partial charge in [0.1, 0.15) is 5.75 Å². The van der Waals surface area contributed by atoms with Crippen molar-refractivity contribution in [2.45, 2.75) is 24.9 Å². The summed E-state index contributed by atoms with van der Waals surface area (Å²) < 4.78 is 47.8. The number of piperidine rings is 1. The van der Waals surface area contributed by atoms with Crippen molar-refractivity contribution < 1.29 is 23.0 Å². The summed E-state index contributed by atoms with van der Waals surface area (Å²) in [6.07, 6.45) is 0.383. The van der Waals surface area contributed by atoms with Gasteiger partial charge in [0.25, 0.3) is 0 Å². The molecule has 5 rings (SSSR count). The Balaban J connectivity index is 1.41. The van der Waals surface area contributed by atoms with E-state index in [1.807, 2.05) is 24.3 Å². The zero-order chi connectivity index (χ0) is 26.2. The summed E-state index contributed by atoms with van der Waals surface area (Å²) in [6.45, 7) is 2.08. The Bertz CT molecular complexity index is 1400. The Labute approximate surface area is 212 Å². The van der Waals surface area contributed by atoms with Gasteiger partial charge in [0.15, 0.2) is 0 Å². The second kappa shape index (κ2) is 9.85. The quantitative estimate of drug-likeness (QED) is 0.348. The molecule has 3 heterocycles. The molecule has 2 aromatic heterocycles. The number of hydrogen-bond acceptors (Lipinski definition) is 7. The molecule has 37 heavy (non-hydrogen) atoms. The predicted octanol–water partition coefficient (Wildman–Crippen LogP) is 6.12. The number of anilines is 2. The van der Waals surface area contributed by atoms with Crippen LogP contribution in [-0.4, -0.2) is 52.1 Å². The average molecular weight is 510 g/mol. The van der Waals surface area contributed by atoms with Crippen LogP contribution in [0.3, 0.4) is 0 Å². The van der Waals surface area contributed by atoms with E-state index in [1.165, 1.54) is 41.1 Å². The van der Waals surface area contributed by atoms with Gasteiger partial charge in [0.2, 0.25) is 5.88 Å². The molecule has 7 nitrogen and oxygen atoms in total. The van der Waals surface area contributed by atoms with E-state index in [1.54, 1.807) is 7.05 Å².